The minimum Gasteiger partial charge on any atom is -0.299 e. The lowest BCUT2D eigenvalue weighted by Crippen LogP contribution is -2.41. The van der Waals surface area contributed by atoms with Gasteiger partial charge in [0.2, 0.25) is 5.78 Å². The topological polar surface area (TPSA) is 63.6 Å². The van der Waals surface area contributed by atoms with Gasteiger partial charge in [-0.25, -0.2) is 0 Å². The first-order valence-corrected chi connectivity index (χ1v) is 9.87. The van der Waals surface area contributed by atoms with Crippen molar-refractivity contribution < 1.29 is 14.4 Å². The molecule has 4 heteroatoms. The van der Waals surface area contributed by atoms with Gasteiger partial charge < -0.3 is 0 Å². The number of rotatable bonds is 1. The van der Waals surface area contributed by atoms with Gasteiger partial charge in [0.1, 0.15) is 11.5 Å². The number of nitrogens with zero attached hydrogens (tertiary/aromatic N) is 1. The van der Waals surface area contributed by atoms with Crippen LogP contribution in [0.1, 0.15) is 56.4 Å². The van der Waals surface area contributed by atoms with Crippen LogP contribution >= 0.6 is 0 Å². The Morgan fingerprint density at radius 2 is 1.44 bits per heavy atom. The van der Waals surface area contributed by atoms with E-state index in [-0.39, 0.29) is 23.3 Å². The molecule has 2 unspecified atom stereocenters. The number of ketones is 3. The van der Waals surface area contributed by atoms with Crippen LogP contribution in [0.2, 0.25) is 0 Å². The molecular weight excluding hydrogens is 338 g/mol. The van der Waals surface area contributed by atoms with Crippen molar-refractivity contribution in [3.63, 3.8) is 0 Å². The lowest BCUT2D eigenvalue weighted by atomic mass is 9.65. The smallest absolute Gasteiger partial charge is 0.208 e. The number of fused-ring (bicyclic) bond motifs is 1. The van der Waals surface area contributed by atoms with Gasteiger partial charge >= 0.3 is 0 Å². The summed E-state index contributed by atoms with van der Waals surface area (Å²) < 4.78 is 0. The Bertz CT molecular complexity index is 965. The zero-order valence-electron chi connectivity index (χ0n) is 15.2. The second-order valence-electron chi connectivity index (χ2n) is 7.87. The summed E-state index contributed by atoms with van der Waals surface area (Å²) in [6, 6.07) is 9.70. The summed E-state index contributed by atoms with van der Waals surface area (Å²) in [6.07, 6.45) is 5.23. The molecule has 0 spiro atoms. The summed E-state index contributed by atoms with van der Waals surface area (Å²) in [7, 11) is 0. The molecule has 1 saturated carbocycles. The molecule has 2 atom stereocenters. The molecule has 4 nitrogen and oxygen atoms in total. The molecule has 0 saturated heterocycles. The molecule has 0 N–H and O–H groups in total. The maximum Gasteiger partial charge on any atom is 0.208 e. The minimum atomic E-state index is -0.401. The number of benzene rings is 1. The molecule has 1 aliphatic heterocycles. The SMILES string of the molecule is O=C1C2=C(CCCC2)C(=O)C2=C1N=C1CCCC(=O)C1C2c1ccccc1. The van der Waals surface area contributed by atoms with Gasteiger partial charge in [0.15, 0.2) is 5.78 Å². The average Bonchev–Trinajstić information content (AvgIpc) is 2.71. The van der Waals surface area contributed by atoms with Crippen LogP contribution in [-0.4, -0.2) is 23.1 Å². The van der Waals surface area contributed by atoms with Gasteiger partial charge in [-0.3, -0.25) is 19.4 Å². The van der Waals surface area contributed by atoms with Crippen LogP contribution in [-0.2, 0) is 14.4 Å². The van der Waals surface area contributed by atoms with Crippen molar-refractivity contribution in [2.45, 2.75) is 50.9 Å². The molecular formula is C23H21NO3. The Morgan fingerprint density at radius 1 is 0.741 bits per heavy atom. The van der Waals surface area contributed by atoms with E-state index in [4.69, 9.17) is 0 Å². The summed E-state index contributed by atoms with van der Waals surface area (Å²) in [5, 5.41) is 0. The van der Waals surface area contributed by atoms with E-state index in [0.29, 0.717) is 41.7 Å². The summed E-state index contributed by atoms with van der Waals surface area (Å²) in [6.45, 7) is 0. The summed E-state index contributed by atoms with van der Waals surface area (Å²) in [4.78, 5) is 44.2. The van der Waals surface area contributed by atoms with Crippen LogP contribution in [0.25, 0.3) is 0 Å². The number of Topliss-reactive ketones (excluding diaryl/α,β-unsaturated/α-hetero) is 3. The number of carbonyl (C=O) groups is 3. The molecule has 3 aliphatic carbocycles. The third-order valence-corrected chi connectivity index (χ3v) is 6.35. The Kier molecular flexibility index (Phi) is 3.81. The van der Waals surface area contributed by atoms with E-state index in [1.54, 1.807) is 0 Å². The number of allylic oxidation sites excluding steroid dienone is 3. The maximum atomic E-state index is 13.5. The fourth-order valence-electron chi connectivity index (χ4n) is 5.12. The molecule has 0 radical (unpaired) electrons. The van der Waals surface area contributed by atoms with Gasteiger partial charge in [-0.15, -0.1) is 0 Å². The molecule has 1 aromatic carbocycles. The molecule has 0 aromatic heterocycles. The van der Waals surface area contributed by atoms with Crippen molar-refractivity contribution in [2.75, 3.05) is 0 Å². The highest BCUT2D eigenvalue weighted by atomic mass is 16.1. The van der Waals surface area contributed by atoms with Crippen LogP contribution in [0.4, 0.5) is 0 Å². The largest absolute Gasteiger partial charge is 0.299 e. The van der Waals surface area contributed by atoms with Crippen LogP contribution in [0.5, 0.6) is 0 Å². The van der Waals surface area contributed by atoms with Gasteiger partial charge in [-0.2, -0.15) is 0 Å². The highest BCUT2D eigenvalue weighted by Gasteiger charge is 2.48. The monoisotopic (exact) mass is 359 g/mol. The van der Waals surface area contributed by atoms with Crippen molar-refractivity contribution in [3.05, 3.63) is 58.3 Å². The van der Waals surface area contributed by atoms with E-state index in [9.17, 15) is 14.4 Å². The predicted octanol–water partition coefficient (Wildman–Crippen LogP) is 3.87. The quantitative estimate of drug-likeness (QED) is 0.715. The molecule has 1 heterocycles. The highest BCUT2D eigenvalue weighted by Crippen LogP contribution is 2.47. The van der Waals surface area contributed by atoms with E-state index >= 15 is 0 Å². The molecule has 136 valence electrons. The third kappa shape index (κ3) is 2.43. The van der Waals surface area contributed by atoms with Crippen LogP contribution in [0, 0.1) is 5.92 Å². The summed E-state index contributed by atoms with van der Waals surface area (Å²) >= 11 is 0. The van der Waals surface area contributed by atoms with Crippen molar-refractivity contribution in [2.24, 2.45) is 10.9 Å². The van der Waals surface area contributed by atoms with Crippen molar-refractivity contribution in [3.8, 4) is 0 Å². The first-order valence-electron chi connectivity index (χ1n) is 9.87. The first kappa shape index (κ1) is 16.5. The number of aliphatic imine (C=N–C) groups is 1. The molecule has 27 heavy (non-hydrogen) atoms. The predicted molar refractivity (Wildman–Crippen MR) is 102 cm³/mol. The number of hydrogen-bond acceptors (Lipinski definition) is 4. The van der Waals surface area contributed by atoms with E-state index in [2.05, 4.69) is 4.99 Å². The zero-order chi connectivity index (χ0) is 18.5. The first-order chi connectivity index (χ1) is 13.2. The Labute approximate surface area is 158 Å². The van der Waals surface area contributed by atoms with E-state index in [1.165, 1.54) is 0 Å². The lowest BCUT2D eigenvalue weighted by molar-refractivity contribution is -0.122. The fourth-order valence-corrected chi connectivity index (χ4v) is 5.12. The molecule has 0 bridgehead atoms. The van der Waals surface area contributed by atoms with Gasteiger partial charge in [-0.05, 0) is 44.1 Å². The summed E-state index contributed by atoms with van der Waals surface area (Å²) in [5.74, 6) is -0.765. The maximum absolute atomic E-state index is 13.5. The Balaban J connectivity index is 1.73. The lowest BCUT2D eigenvalue weighted by Gasteiger charge is -2.38. The molecule has 1 aromatic rings. The second-order valence-corrected chi connectivity index (χ2v) is 7.87. The normalized spacial score (nSPS) is 27.9. The van der Waals surface area contributed by atoms with E-state index < -0.39 is 5.92 Å². The fraction of sp³-hybridized carbons (Fsp3) is 0.391. The van der Waals surface area contributed by atoms with Crippen LogP contribution in [0.15, 0.2) is 57.7 Å². The average molecular weight is 359 g/mol. The van der Waals surface area contributed by atoms with Crippen molar-refractivity contribution in [1.82, 2.24) is 0 Å². The van der Waals surface area contributed by atoms with Gasteiger partial charge in [-0.1, -0.05) is 30.3 Å². The van der Waals surface area contributed by atoms with Crippen LogP contribution < -0.4 is 0 Å². The van der Waals surface area contributed by atoms with Crippen molar-refractivity contribution >= 4 is 23.1 Å². The van der Waals surface area contributed by atoms with E-state index in [0.717, 1.165) is 37.0 Å². The van der Waals surface area contributed by atoms with Crippen molar-refractivity contribution in [1.29, 1.82) is 0 Å². The third-order valence-electron chi connectivity index (χ3n) is 6.35. The van der Waals surface area contributed by atoms with Gasteiger partial charge in [0, 0.05) is 34.8 Å². The molecule has 0 amide bonds. The van der Waals surface area contributed by atoms with Crippen LogP contribution in [0.3, 0.4) is 0 Å². The van der Waals surface area contributed by atoms with E-state index in [1.807, 2.05) is 30.3 Å². The second kappa shape index (κ2) is 6.22. The zero-order valence-corrected chi connectivity index (χ0v) is 15.2. The molecule has 5 rings (SSSR count). The Hall–Kier alpha value is -2.62. The highest BCUT2D eigenvalue weighted by molar-refractivity contribution is 6.28. The number of hydrogen-bond donors (Lipinski definition) is 0. The number of carbonyl (C=O) groups excluding carboxylic acids is 3. The van der Waals surface area contributed by atoms with Gasteiger partial charge in [0.25, 0.3) is 0 Å². The standard InChI is InChI=1S/C23H21NO3/c25-17-12-6-11-16-19(17)18(13-7-2-1-3-8-13)20-21(24-16)23(27)15-10-5-4-9-14(15)22(20)26/h1-3,7-8,18-19H,4-6,9-12H2. The minimum absolute atomic E-state index is 0.0469. The molecule has 1 fully saturated rings. The summed E-state index contributed by atoms with van der Waals surface area (Å²) in [5.41, 5.74) is 3.85. The Morgan fingerprint density at radius 3 is 2.19 bits per heavy atom. The molecule has 4 aliphatic rings. The van der Waals surface area contributed by atoms with Gasteiger partial charge in [0.05, 0.1) is 5.92 Å².